The molecule has 0 radical (unpaired) electrons. The van der Waals surface area contributed by atoms with Crippen LogP contribution in [0.4, 0.5) is 0 Å². The fourth-order valence-electron chi connectivity index (χ4n) is 0.311. The number of Topliss-reactive ketones (excluding diaryl/α,β-unsaturated/α-hetero) is 1. The summed E-state index contributed by atoms with van der Waals surface area (Å²) in [4.78, 5) is 10.5. The largest absolute Gasteiger partial charge is 0.494 e. The first kappa shape index (κ1) is 7.21. The Bertz CT molecular complexity index is 91.1. The first-order valence-electron chi connectivity index (χ1n) is 2.48. The molecular formula is C6H10O2. The molecule has 0 spiro atoms. The van der Waals surface area contributed by atoms with Crippen LogP contribution in [-0.4, -0.2) is 12.9 Å². The van der Waals surface area contributed by atoms with Crippen molar-refractivity contribution in [3.63, 3.8) is 0 Å². The predicted molar refractivity (Wildman–Crippen MR) is 31.4 cm³/mol. The van der Waals surface area contributed by atoms with E-state index in [1.807, 2.05) is 0 Å². The minimum Gasteiger partial charge on any atom is -0.494 e. The molecule has 0 aliphatic heterocycles. The van der Waals surface area contributed by atoms with Crippen molar-refractivity contribution in [3.8, 4) is 0 Å². The minimum absolute atomic E-state index is 0.0347. The molecule has 0 N–H and O–H groups in total. The zero-order valence-corrected chi connectivity index (χ0v) is 5.23. The third kappa shape index (κ3) is 1.78. The summed E-state index contributed by atoms with van der Waals surface area (Å²) >= 11 is 0. The van der Waals surface area contributed by atoms with E-state index in [4.69, 9.17) is 0 Å². The summed E-state index contributed by atoms with van der Waals surface area (Å²) in [5, 5.41) is 0. The standard InChI is InChI=1S/C6H10O2/c1-4-6(7)5(2)8-3/h2,4H2,1,3H3. The number of carbonyl (C=O) groups excluding carboxylic acids is 1. The number of ketones is 1. The second-order valence-electron chi connectivity index (χ2n) is 1.40. The van der Waals surface area contributed by atoms with Crippen LogP contribution in [0.5, 0.6) is 0 Å². The van der Waals surface area contributed by atoms with Crippen LogP contribution in [0.1, 0.15) is 13.3 Å². The Morgan fingerprint density at radius 3 is 2.38 bits per heavy atom. The Morgan fingerprint density at radius 2 is 2.25 bits per heavy atom. The van der Waals surface area contributed by atoms with Gasteiger partial charge in [0.1, 0.15) is 0 Å². The lowest BCUT2D eigenvalue weighted by Gasteiger charge is -1.97. The Balaban J connectivity index is 3.64. The van der Waals surface area contributed by atoms with Gasteiger partial charge in [0.15, 0.2) is 11.5 Å². The molecule has 0 fully saturated rings. The Kier molecular flexibility index (Phi) is 2.92. The molecule has 46 valence electrons. The van der Waals surface area contributed by atoms with Crippen molar-refractivity contribution in [2.75, 3.05) is 7.11 Å². The first-order valence-corrected chi connectivity index (χ1v) is 2.48. The molecular weight excluding hydrogens is 104 g/mol. The highest BCUT2D eigenvalue weighted by Crippen LogP contribution is 1.94. The Labute approximate surface area is 49.1 Å². The topological polar surface area (TPSA) is 26.3 Å². The molecule has 0 amide bonds. The van der Waals surface area contributed by atoms with E-state index in [1.165, 1.54) is 7.11 Å². The average Bonchev–Trinajstić information content (AvgIpc) is 1.84. The summed E-state index contributed by atoms with van der Waals surface area (Å²) in [5.41, 5.74) is 0. The van der Waals surface area contributed by atoms with Gasteiger partial charge in [0.05, 0.1) is 7.11 Å². The van der Waals surface area contributed by atoms with Crippen molar-refractivity contribution in [1.82, 2.24) is 0 Å². The van der Waals surface area contributed by atoms with Crippen LogP contribution in [0.25, 0.3) is 0 Å². The molecule has 0 aromatic carbocycles. The van der Waals surface area contributed by atoms with E-state index in [0.29, 0.717) is 6.42 Å². The lowest BCUT2D eigenvalue weighted by atomic mass is 10.3. The summed E-state index contributed by atoms with van der Waals surface area (Å²) in [6, 6.07) is 0. The average molecular weight is 114 g/mol. The fraction of sp³-hybridized carbons (Fsp3) is 0.500. The summed E-state index contributed by atoms with van der Waals surface area (Å²) in [6.45, 7) is 5.14. The van der Waals surface area contributed by atoms with Gasteiger partial charge in [-0.05, 0) is 0 Å². The molecule has 0 aliphatic carbocycles. The predicted octanol–water partition coefficient (Wildman–Crippen LogP) is 1.13. The number of carbonyl (C=O) groups is 1. The van der Waals surface area contributed by atoms with Crippen LogP contribution in [0, 0.1) is 0 Å². The third-order valence-electron chi connectivity index (χ3n) is 0.879. The van der Waals surface area contributed by atoms with Crippen molar-refractivity contribution in [2.24, 2.45) is 0 Å². The monoisotopic (exact) mass is 114 g/mol. The molecule has 0 aromatic rings. The maximum absolute atomic E-state index is 10.5. The summed E-state index contributed by atoms with van der Waals surface area (Å²) in [6.07, 6.45) is 0.465. The van der Waals surface area contributed by atoms with E-state index in [1.54, 1.807) is 6.92 Å². The molecule has 2 nitrogen and oxygen atoms in total. The number of rotatable bonds is 3. The van der Waals surface area contributed by atoms with Gasteiger partial charge >= 0.3 is 0 Å². The summed E-state index contributed by atoms with van der Waals surface area (Å²) < 4.78 is 4.56. The molecule has 0 aromatic heterocycles. The van der Waals surface area contributed by atoms with Gasteiger partial charge in [-0.3, -0.25) is 4.79 Å². The van der Waals surface area contributed by atoms with Crippen molar-refractivity contribution in [2.45, 2.75) is 13.3 Å². The Morgan fingerprint density at radius 1 is 1.75 bits per heavy atom. The van der Waals surface area contributed by atoms with Crippen LogP contribution in [0.2, 0.25) is 0 Å². The van der Waals surface area contributed by atoms with Gasteiger partial charge in [-0.2, -0.15) is 0 Å². The number of ether oxygens (including phenoxy) is 1. The van der Waals surface area contributed by atoms with Gasteiger partial charge in [0, 0.05) is 6.42 Å². The van der Waals surface area contributed by atoms with Crippen LogP contribution in [-0.2, 0) is 9.53 Å². The quantitative estimate of drug-likeness (QED) is 0.406. The van der Waals surface area contributed by atoms with Gasteiger partial charge in [-0.15, -0.1) is 0 Å². The summed E-state index contributed by atoms with van der Waals surface area (Å²) in [7, 11) is 1.44. The van der Waals surface area contributed by atoms with Gasteiger partial charge in [-0.25, -0.2) is 0 Å². The van der Waals surface area contributed by atoms with E-state index in [-0.39, 0.29) is 11.5 Å². The second-order valence-corrected chi connectivity index (χ2v) is 1.40. The van der Waals surface area contributed by atoms with E-state index < -0.39 is 0 Å². The Hall–Kier alpha value is -0.790. The number of allylic oxidation sites excluding steroid dienone is 1. The van der Waals surface area contributed by atoms with Crippen molar-refractivity contribution in [1.29, 1.82) is 0 Å². The molecule has 0 rings (SSSR count). The zero-order chi connectivity index (χ0) is 6.57. The van der Waals surface area contributed by atoms with Gasteiger partial charge in [0.25, 0.3) is 0 Å². The lowest BCUT2D eigenvalue weighted by Crippen LogP contribution is -1.99. The van der Waals surface area contributed by atoms with E-state index in [2.05, 4.69) is 11.3 Å². The van der Waals surface area contributed by atoms with Crippen LogP contribution < -0.4 is 0 Å². The highest BCUT2D eigenvalue weighted by molar-refractivity contribution is 5.92. The summed E-state index contributed by atoms with van der Waals surface area (Å²) in [5.74, 6) is 0.208. The minimum atomic E-state index is -0.0347. The SMILES string of the molecule is C=C(OC)C(=O)CC. The molecule has 0 bridgehead atoms. The van der Waals surface area contributed by atoms with Gasteiger partial charge in [0.2, 0.25) is 0 Å². The molecule has 8 heavy (non-hydrogen) atoms. The van der Waals surface area contributed by atoms with Gasteiger partial charge in [-0.1, -0.05) is 13.5 Å². The highest BCUT2D eigenvalue weighted by Gasteiger charge is 2.00. The molecule has 0 unspecified atom stereocenters. The third-order valence-corrected chi connectivity index (χ3v) is 0.879. The maximum Gasteiger partial charge on any atom is 0.196 e. The van der Waals surface area contributed by atoms with E-state index in [9.17, 15) is 4.79 Å². The molecule has 2 heteroatoms. The molecule has 0 saturated carbocycles. The number of hydrogen-bond acceptors (Lipinski definition) is 2. The van der Waals surface area contributed by atoms with E-state index >= 15 is 0 Å². The molecule has 0 atom stereocenters. The zero-order valence-electron chi connectivity index (χ0n) is 5.23. The van der Waals surface area contributed by atoms with Crippen molar-refractivity contribution < 1.29 is 9.53 Å². The maximum atomic E-state index is 10.5. The smallest absolute Gasteiger partial charge is 0.196 e. The van der Waals surface area contributed by atoms with Crippen LogP contribution >= 0.6 is 0 Å². The van der Waals surface area contributed by atoms with Crippen molar-refractivity contribution >= 4 is 5.78 Å². The van der Waals surface area contributed by atoms with Gasteiger partial charge < -0.3 is 4.74 Å². The normalized spacial score (nSPS) is 8.25. The second kappa shape index (κ2) is 3.24. The van der Waals surface area contributed by atoms with Crippen LogP contribution in [0.3, 0.4) is 0 Å². The molecule has 0 aliphatic rings. The van der Waals surface area contributed by atoms with Crippen LogP contribution in [0.15, 0.2) is 12.3 Å². The van der Waals surface area contributed by atoms with E-state index in [0.717, 1.165) is 0 Å². The highest BCUT2D eigenvalue weighted by atomic mass is 16.5. The molecule has 0 heterocycles. The number of hydrogen-bond donors (Lipinski definition) is 0. The molecule has 0 saturated heterocycles. The lowest BCUT2D eigenvalue weighted by molar-refractivity contribution is -0.118. The first-order chi connectivity index (χ1) is 3.72. The van der Waals surface area contributed by atoms with Crippen molar-refractivity contribution in [3.05, 3.63) is 12.3 Å². The fourth-order valence-corrected chi connectivity index (χ4v) is 0.311. The number of methoxy groups -OCH3 is 1.